The maximum Gasteiger partial charge on any atom is 0.257 e. The number of nitrogens with one attached hydrogen (secondary N) is 1. The molecule has 0 fully saturated rings. The summed E-state index contributed by atoms with van der Waals surface area (Å²) in [5.41, 5.74) is 1.37. The third kappa shape index (κ3) is 3.85. The first-order valence-corrected chi connectivity index (χ1v) is 8.02. The van der Waals surface area contributed by atoms with E-state index in [0.29, 0.717) is 29.1 Å². The molecule has 21 heavy (non-hydrogen) atoms. The Morgan fingerprint density at radius 3 is 3.00 bits per heavy atom. The van der Waals surface area contributed by atoms with Crippen LogP contribution in [0.2, 0.25) is 0 Å². The molecule has 0 aliphatic heterocycles. The number of benzene rings is 1. The second-order valence-electron chi connectivity index (χ2n) is 4.58. The first-order valence-electron chi connectivity index (χ1n) is 6.63. The summed E-state index contributed by atoms with van der Waals surface area (Å²) >= 11 is 1.73. The summed E-state index contributed by atoms with van der Waals surface area (Å²) in [5.74, 6) is 0.663. The van der Waals surface area contributed by atoms with E-state index in [4.69, 9.17) is 4.52 Å². The molecule has 112 valence electrons. The second kappa shape index (κ2) is 7.26. The number of aromatic nitrogens is 1. The zero-order chi connectivity index (χ0) is 15.2. The summed E-state index contributed by atoms with van der Waals surface area (Å²) in [6.07, 6.45) is 2.92. The van der Waals surface area contributed by atoms with Crippen molar-refractivity contribution < 1.29 is 13.7 Å². The minimum Gasteiger partial charge on any atom is -0.355 e. The Morgan fingerprint density at radius 1 is 1.48 bits per heavy atom. The number of hydrogen-bond donors (Lipinski definition) is 1. The molecule has 6 heteroatoms. The topological polar surface area (TPSA) is 55.1 Å². The van der Waals surface area contributed by atoms with Gasteiger partial charge < -0.3 is 9.84 Å². The molecule has 1 amide bonds. The lowest BCUT2D eigenvalue weighted by atomic mass is 10.1. The summed E-state index contributed by atoms with van der Waals surface area (Å²) in [7, 11) is 0. The monoisotopic (exact) mass is 308 g/mol. The number of carbonyl (C=O) groups excluding carboxylic acids is 1. The van der Waals surface area contributed by atoms with E-state index in [-0.39, 0.29) is 11.7 Å². The van der Waals surface area contributed by atoms with Gasteiger partial charge in [0.15, 0.2) is 5.76 Å². The molecule has 0 aliphatic carbocycles. The van der Waals surface area contributed by atoms with Gasteiger partial charge in [-0.3, -0.25) is 4.79 Å². The number of hydrogen-bond acceptors (Lipinski definition) is 4. The van der Waals surface area contributed by atoms with E-state index in [1.54, 1.807) is 30.8 Å². The van der Waals surface area contributed by atoms with Crippen LogP contribution in [-0.4, -0.2) is 29.6 Å². The van der Waals surface area contributed by atoms with Crippen molar-refractivity contribution in [2.75, 3.05) is 18.6 Å². The lowest BCUT2D eigenvalue weighted by Gasteiger charge is -2.05. The zero-order valence-corrected chi connectivity index (χ0v) is 12.8. The smallest absolute Gasteiger partial charge is 0.257 e. The molecule has 0 aliphatic rings. The summed E-state index contributed by atoms with van der Waals surface area (Å²) in [4.78, 5) is 12.3. The molecule has 2 rings (SSSR count). The van der Waals surface area contributed by atoms with Gasteiger partial charge in [0.05, 0.1) is 5.69 Å². The number of aryl methyl sites for hydroxylation is 1. The van der Waals surface area contributed by atoms with Crippen LogP contribution in [0.3, 0.4) is 0 Å². The third-order valence-corrected chi connectivity index (χ3v) is 3.68. The van der Waals surface area contributed by atoms with E-state index in [1.807, 2.05) is 6.26 Å². The Morgan fingerprint density at radius 2 is 2.29 bits per heavy atom. The maximum absolute atomic E-state index is 13.3. The molecule has 1 aromatic carbocycles. The molecule has 0 radical (unpaired) electrons. The van der Waals surface area contributed by atoms with Gasteiger partial charge in [-0.25, -0.2) is 4.39 Å². The van der Waals surface area contributed by atoms with Crippen LogP contribution in [0.15, 0.2) is 28.8 Å². The molecule has 1 heterocycles. The normalized spacial score (nSPS) is 10.6. The SMILES string of the molecule is CSCCCNC(=O)c1c(C)noc1-c1cccc(F)c1. The summed E-state index contributed by atoms with van der Waals surface area (Å²) < 4.78 is 18.5. The Hall–Kier alpha value is -1.82. The predicted octanol–water partition coefficient (Wildman–Crippen LogP) is 3.27. The van der Waals surface area contributed by atoms with Crippen LogP contribution in [0, 0.1) is 12.7 Å². The molecule has 0 unspecified atom stereocenters. The first kappa shape index (κ1) is 15.6. The lowest BCUT2D eigenvalue weighted by molar-refractivity contribution is 0.0953. The molecule has 0 bridgehead atoms. The van der Waals surface area contributed by atoms with E-state index in [0.717, 1.165) is 12.2 Å². The highest BCUT2D eigenvalue weighted by atomic mass is 32.2. The number of nitrogens with zero attached hydrogens (tertiary/aromatic N) is 1. The van der Waals surface area contributed by atoms with Crippen molar-refractivity contribution >= 4 is 17.7 Å². The van der Waals surface area contributed by atoms with Gasteiger partial charge in [-0.15, -0.1) is 0 Å². The van der Waals surface area contributed by atoms with Crippen molar-refractivity contribution in [3.8, 4) is 11.3 Å². The fourth-order valence-corrected chi connectivity index (χ4v) is 2.40. The predicted molar refractivity (Wildman–Crippen MR) is 82.0 cm³/mol. The van der Waals surface area contributed by atoms with E-state index in [1.165, 1.54) is 12.1 Å². The summed E-state index contributed by atoms with van der Waals surface area (Å²) in [6.45, 7) is 2.29. The summed E-state index contributed by atoms with van der Waals surface area (Å²) in [5, 5.41) is 6.67. The van der Waals surface area contributed by atoms with Crippen molar-refractivity contribution in [3.63, 3.8) is 0 Å². The highest BCUT2D eigenvalue weighted by molar-refractivity contribution is 7.98. The number of rotatable bonds is 6. The Bertz CT molecular complexity index is 628. The van der Waals surface area contributed by atoms with E-state index < -0.39 is 0 Å². The average molecular weight is 308 g/mol. The van der Waals surface area contributed by atoms with Crippen molar-refractivity contribution in [1.82, 2.24) is 10.5 Å². The molecule has 4 nitrogen and oxygen atoms in total. The van der Waals surface area contributed by atoms with Crippen molar-refractivity contribution in [2.24, 2.45) is 0 Å². The molecule has 1 aromatic heterocycles. The molecule has 0 spiro atoms. The standard InChI is InChI=1S/C15H17FN2O2S/c1-10-13(15(19)17-7-4-8-21-2)14(20-18-10)11-5-3-6-12(16)9-11/h3,5-6,9H,4,7-8H2,1-2H3,(H,17,19). The quantitative estimate of drug-likeness (QED) is 0.832. The number of carbonyl (C=O) groups is 1. The van der Waals surface area contributed by atoms with Gasteiger partial charge >= 0.3 is 0 Å². The van der Waals surface area contributed by atoms with Crippen LogP contribution in [0.4, 0.5) is 4.39 Å². The van der Waals surface area contributed by atoms with Crippen molar-refractivity contribution in [1.29, 1.82) is 0 Å². The van der Waals surface area contributed by atoms with Crippen LogP contribution < -0.4 is 5.32 Å². The van der Waals surface area contributed by atoms with Gasteiger partial charge in [0.2, 0.25) is 0 Å². The van der Waals surface area contributed by atoms with Gasteiger partial charge in [0.25, 0.3) is 5.91 Å². The van der Waals surface area contributed by atoms with Crippen LogP contribution in [-0.2, 0) is 0 Å². The minimum atomic E-state index is -0.382. The van der Waals surface area contributed by atoms with E-state index in [9.17, 15) is 9.18 Å². The number of thioether (sulfide) groups is 1. The second-order valence-corrected chi connectivity index (χ2v) is 5.57. The molecule has 0 atom stereocenters. The Labute approximate surface area is 127 Å². The number of amides is 1. The van der Waals surface area contributed by atoms with Crippen molar-refractivity contribution in [3.05, 3.63) is 41.3 Å². The van der Waals surface area contributed by atoms with E-state index in [2.05, 4.69) is 10.5 Å². The highest BCUT2D eigenvalue weighted by Gasteiger charge is 2.21. The molecule has 1 N–H and O–H groups in total. The molecule has 0 saturated heterocycles. The first-order chi connectivity index (χ1) is 10.1. The van der Waals surface area contributed by atoms with E-state index >= 15 is 0 Å². The van der Waals surface area contributed by atoms with Crippen LogP contribution in [0.1, 0.15) is 22.5 Å². The van der Waals surface area contributed by atoms with Crippen LogP contribution >= 0.6 is 11.8 Å². The average Bonchev–Trinajstić information content (AvgIpc) is 2.85. The van der Waals surface area contributed by atoms with Crippen molar-refractivity contribution in [2.45, 2.75) is 13.3 Å². The van der Waals surface area contributed by atoms with Crippen LogP contribution in [0.5, 0.6) is 0 Å². The third-order valence-electron chi connectivity index (χ3n) is 2.99. The Balaban J connectivity index is 2.20. The van der Waals surface area contributed by atoms with Gasteiger partial charge in [0, 0.05) is 12.1 Å². The Kier molecular flexibility index (Phi) is 5.38. The van der Waals surface area contributed by atoms with Gasteiger partial charge in [0.1, 0.15) is 11.4 Å². The largest absolute Gasteiger partial charge is 0.355 e. The molecule has 0 saturated carbocycles. The fraction of sp³-hybridized carbons (Fsp3) is 0.333. The number of halogens is 1. The molecular weight excluding hydrogens is 291 g/mol. The molecule has 2 aromatic rings. The fourth-order valence-electron chi connectivity index (χ4n) is 1.97. The van der Waals surface area contributed by atoms with Gasteiger partial charge in [-0.1, -0.05) is 17.3 Å². The van der Waals surface area contributed by atoms with Crippen LogP contribution in [0.25, 0.3) is 11.3 Å². The summed E-state index contributed by atoms with van der Waals surface area (Å²) in [6, 6.07) is 5.93. The minimum absolute atomic E-state index is 0.242. The van der Waals surface area contributed by atoms with Gasteiger partial charge in [-0.2, -0.15) is 11.8 Å². The zero-order valence-electron chi connectivity index (χ0n) is 12.0. The lowest BCUT2D eigenvalue weighted by Crippen LogP contribution is -2.25. The van der Waals surface area contributed by atoms with Gasteiger partial charge in [-0.05, 0) is 37.5 Å². The highest BCUT2D eigenvalue weighted by Crippen LogP contribution is 2.26. The molecular formula is C15H17FN2O2S. The maximum atomic E-state index is 13.3.